The van der Waals surface area contributed by atoms with Gasteiger partial charge >= 0.3 is 0 Å². The van der Waals surface area contributed by atoms with Crippen LogP contribution in [-0.2, 0) is 23.1 Å². The molecule has 10 heteroatoms. The summed E-state index contributed by atoms with van der Waals surface area (Å²) in [6, 6.07) is 25.8. The lowest BCUT2D eigenvalue weighted by atomic mass is 10.2. The number of aromatic nitrogens is 5. The van der Waals surface area contributed by atoms with Crippen LogP contribution in [0.25, 0.3) is 11.2 Å². The minimum absolute atomic E-state index is 0.178. The first-order valence-corrected chi connectivity index (χ1v) is 12.5. The topological polar surface area (TPSA) is 115 Å². The van der Waals surface area contributed by atoms with E-state index >= 15 is 0 Å². The zero-order valence-electron chi connectivity index (χ0n) is 19.0. The van der Waals surface area contributed by atoms with Crippen LogP contribution in [0, 0.1) is 6.92 Å². The molecule has 0 atom stereocenters. The van der Waals surface area contributed by atoms with Gasteiger partial charge in [0.1, 0.15) is 5.82 Å². The van der Waals surface area contributed by atoms with E-state index in [0.29, 0.717) is 35.0 Å². The summed E-state index contributed by atoms with van der Waals surface area (Å²) in [5, 5.41) is 11.8. The third-order valence-electron chi connectivity index (χ3n) is 5.39. The molecule has 0 bridgehead atoms. The second-order valence-corrected chi connectivity index (χ2v) is 9.75. The largest absolute Gasteiger partial charge is 0.338 e. The smallest absolute Gasteiger partial charge is 0.240 e. The number of nitrogens with one attached hydrogen (secondary N) is 2. The molecule has 5 rings (SSSR count). The van der Waals surface area contributed by atoms with Crippen molar-refractivity contribution in [3.05, 3.63) is 102 Å². The van der Waals surface area contributed by atoms with Gasteiger partial charge in [-0.1, -0.05) is 65.9 Å². The number of benzene rings is 3. The van der Waals surface area contributed by atoms with Crippen LogP contribution in [-0.4, -0.2) is 33.4 Å². The molecule has 0 amide bonds. The average molecular weight is 486 g/mol. The Hall–Kier alpha value is -4.15. The van der Waals surface area contributed by atoms with Crippen LogP contribution in [0.4, 0.5) is 11.5 Å². The van der Waals surface area contributed by atoms with Crippen molar-refractivity contribution in [2.75, 3.05) is 5.32 Å². The molecule has 0 aliphatic carbocycles. The van der Waals surface area contributed by atoms with Crippen molar-refractivity contribution in [3.63, 3.8) is 0 Å². The van der Waals surface area contributed by atoms with E-state index in [4.69, 9.17) is 0 Å². The van der Waals surface area contributed by atoms with Crippen molar-refractivity contribution in [1.29, 1.82) is 0 Å². The third-order valence-corrected chi connectivity index (χ3v) is 6.80. The monoisotopic (exact) mass is 485 g/mol. The Balaban J connectivity index is 1.34. The highest BCUT2D eigenvalue weighted by Gasteiger charge is 2.16. The predicted molar refractivity (Wildman–Crippen MR) is 134 cm³/mol. The molecular weight excluding hydrogens is 462 g/mol. The van der Waals surface area contributed by atoms with Crippen molar-refractivity contribution < 1.29 is 8.42 Å². The average Bonchev–Trinajstić information content (AvgIpc) is 3.27. The molecule has 0 saturated heterocycles. The van der Waals surface area contributed by atoms with E-state index in [1.807, 2.05) is 60.7 Å². The number of anilines is 2. The molecule has 5 aromatic rings. The summed E-state index contributed by atoms with van der Waals surface area (Å²) in [4.78, 5) is 9.19. The van der Waals surface area contributed by atoms with Gasteiger partial charge in [-0.15, -0.1) is 5.10 Å². The van der Waals surface area contributed by atoms with Gasteiger partial charge in [0, 0.05) is 12.2 Å². The van der Waals surface area contributed by atoms with E-state index in [9.17, 15) is 8.42 Å². The fourth-order valence-electron chi connectivity index (χ4n) is 3.63. The Morgan fingerprint density at radius 3 is 2.17 bits per heavy atom. The molecule has 0 spiro atoms. The molecular formula is C25H23N7O2S. The number of nitrogens with zero attached hydrogens (tertiary/aromatic N) is 5. The summed E-state index contributed by atoms with van der Waals surface area (Å²) in [6.45, 7) is 2.56. The fourth-order valence-corrected chi connectivity index (χ4v) is 4.64. The van der Waals surface area contributed by atoms with Gasteiger partial charge in [-0.05, 0) is 42.3 Å². The maximum atomic E-state index is 12.7. The molecule has 3 aromatic carbocycles. The van der Waals surface area contributed by atoms with Gasteiger partial charge < -0.3 is 5.32 Å². The first-order chi connectivity index (χ1) is 17.0. The molecule has 176 valence electrons. The van der Waals surface area contributed by atoms with Crippen LogP contribution in [0.15, 0.2) is 89.8 Å². The molecule has 2 aromatic heterocycles. The van der Waals surface area contributed by atoms with Crippen molar-refractivity contribution in [2.24, 2.45) is 0 Å². The first-order valence-electron chi connectivity index (χ1n) is 11.0. The van der Waals surface area contributed by atoms with Gasteiger partial charge in [0.25, 0.3) is 0 Å². The standard InChI is InChI=1S/C25H23N7O2S/c1-18-27-24(23-25(28-18)32(31-30-23)17-20-10-6-3-7-11-20)29-21-12-14-22(15-13-21)35(33,34)26-16-19-8-4-2-5-9-19/h2-15,26H,16-17H2,1H3,(H,27,28,29). The predicted octanol–water partition coefficient (Wildman–Crippen LogP) is 3.80. The third kappa shape index (κ3) is 5.18. The lowest BCUT2D eigenvalue weighted by molar-refractivity contribution is 0.581. The highest BCUT2D eigenvalue weighted by atomic mass is 32.2. The molecule has 35 heavy (non-hydrogen) atoms. The number of hydrogen-bond acceptors (Lipinski definition) is 7. The Morgan fingerprint density at radius 2 is 1.49 bits per heavy atom. The van der Waals surface area contributed by atoms with Gasteiger partial charge in [-0.2, -0.15) is 0 Å². The van der Waals surface area contributed by atoms with Gasteiger partial charge in [-0.3, -0.25) is 0 Å². The summed E-state index contributed by atoms with van der Waals surface area (Å²) in [7, 11) is -3.64. The summed E-state index contributed by atoms with van der Waals surface area (Å²) in [5.74, 6) is 1.07. The SMILES string of the molecule is Cc1nc(Nc2ccc(S(=O)(=O)NCc3ccccc3)cc2)c2nnn(Cc3ccccc3)c2n1. The molecule has 0 aliphatic rings. The van der Waals surface area contributed by atoms with Crippen LogP contribution in [0.1, 0.15) is 17.0 Å². The second-order valence-electron chi connectivity index (χ2n) is 7.98. The lowest BCUT2D eigenvalue weighted by Crippen LogP contribution is -2.23. The van der Waals surface area contributed by atoms with E-state index in [1.165, 1.54) is 0 Å². The Labute approximate surface area is 202 Å². The molecule has 2 heterocycles. The second kappa shape index (κ2) is 9.61. The highest BCUT2D eigenvalue weighted by molar-refractivity contribution is 7.89. The maximum absolute atomic E-state index is 12.7. The van der Waals surface area contributed by atoms with E-state index < -0.39 is 10.0 Å². The van der Waals surface area contributed by atoms with Crippen molar-refractivity contribution in [1.82, 2.24) is 29.7 Å². The normalized spacial score (nSPS) is 11.6. The van der Waals surface area contributed by atoms with Gasteiger partial charge in [0.2, 0.25) is 10.0 Å². The van der Waals surface area contributed by atoms with Crippen molar-refractivity contribution in [2.45, 2.75) is 24.9 Å². The number of hydrogen-bond donors (Lipinski definition) is 2. The molecule has 0 radical (unpaired) electrons. The maximum Gasteiger partial charge on any atom is 0.240 e. The summed E-state index contributed by atoms with van der Waals surface area (Å²) >= 11 is 0. The van der Waals surface area contributed by atoms with Gasteiger partial charge in [0.15, 0.2) is 17.0 Å². The first kappa shape index (κ1) is 22.6. The van der Waals surface area contributed by atoms with Crippen LogP contribution < -0.4 is 10.0 Å². The zero-order valence-corrected chi connectivity index (χ0v) is 19.8. The Morgan fingerprint density at radius 1 is 0.829 bits per heavy atom. The zero-order chi connectivity index (χ0) is 24.3. The molecule has 9 nitrogen and oxygen atoms in total. The van der Waals surface area contributed by atoms with Crippen LogP contribution in [0.3, 0.4) is 0 Å². The fraction of sp³-hybridized carbons (Fsp3) is 0.120. The number of sulfonamides is 1. The molecule has 0 fully saturated rings. The molecule has 0 aliphatic heterocycles. The molecule has 0 unspecified atom stereocenters. The van der Waals surface area contributed by atoms with Crippen molar-refractivity contribution >= 4 is 32.7 Å². The summed E-state index contributed by atoms with van der Waals surface area (Å²) < 4.78 is 29.7. The van der Waals surface area contributed by atoms with Crippen LogP contribution in [0.2, 0.25) is 0 Å². The minimum atomic E-state index is -3.64. The number of fused-ring (bicyclic) bond motifs is 1. The summed E-state index contributed by atoms with van der Waals surface area (Å²) in [6.07, 6.45) is 0. The van der Waals surface area contributed by atoms with Gasteiger partial charge in [0.05, 0.1) is 11.4 Å². The van der Waals surface area contributed by atoms with E-state index in [2.05, 4.69) is 30.3 Å². The van der Waals surface area contributed by atoms with E-state index in [-0.39, 0.29) is 11.4 Å². The Kier molecular flexibility index (Phi) is 6.21. The number of aryl methyl sites for hydroxylation is 1. The van der Waals surface area contributed by atoms with E-state index in [0.717, 1.165) is 11.1 Å². The minimum Gasteiger partial charge on any atom is -0.338 e. The van der Waals surface area contributed by atoms with Gasteiger partial charge in [-0.25, -0.2) is 27.8 Å². The molecule has 0 saturated carbocycles. The Bertz CT molecular complexity index is 1550. The lowest BCUT2D eigenvalue weighted by Gasteiger charge is -2.10. The van der Waals surface area contributed by atoms with Crippen LogP contribution in [0.5, 0.6) is 0 Å². The van der Waals surface area contributed by atoms with E-state index in [1.54, 1.807) is 35.9 Å². The molecule has 2 N–H and O–H groups in total. The summed E-state index contributed by atoms with van der Waals surface area (Å²) in [5.41, 5.74) is 3.80. The quantitative estimate of drug-likeness (QED) is 0.344. The highest BCUT2D eigenvalue weighted by Crippen LogP contribution is 2.23. The van der Waals surface area contributed by atoms with Crippen molar-refractivity contribution in [3.8, 4) is 0 Å². The number of rotatable bonds is 8. The van der Waals surface area contributed by atoms with Crippen LogP contribution >= 0.6 is 0 Å².